The number of nitrogens with one attached hydrogen (secondary N) is 1. The van der Waals surface area contributed by atoms with Crippen LogP contribution in [0.5, 0.6) is 0 Å². The van der Waals surface area contributed by atoms with Gasteiger partial charge in [-0.15, -0.1) is 0 Å². The third-order valence-electron chi connectivity index (χ3n) is 3.47. The predicted molar refractivity (Wildman–Crippen MR) is 97.2 cm³/mol. The standard InChI is InChI=1S/C11H18N3O14P3/c1-6(15)12-9-2-3-14(11(17)13-9)10-4-7(16)8(26-10)5-25-30(21,22)28-31(23,24)27-29(18,19)20/h2-3,7-8,10,16H,4-5H2,1H3,(H,21,22)(H,23,24)(H2,18,19,20)(H,12,13,15,17)/t7-,8+,10+/m0/s1. The van der Waals surface area contributed by atoms with Crippen molar-refractivity contribution >= 4 is 35.2 Å². The highest BCUT2D eigenvalue weighted by molar-refractivity contribution is 7.66. The van der Waals surface area contributed by atoms with Gasteiger partial charge in [-0.3, -0.25) is 13.9 Å². The Bertz CT molecular complexity index is 1020. The number of aliphatic hydroxyl groups is 1. The van der Waals surface area contributed by atoms with Gasteiger partial charge in [0, 0.05) is 19.5 Å². The molecule has 1 aromatic rings. The minimum atomic E-state index is -5.68. The summed E-state index contributed by atoms with van der Waals surface area (Å²) >= 11 is 0. The SMILES string of the molecule is CC(=O)Nc1ccn([C@H]2C[C@H](O)[C@@H](COP(=O)(O)OP(=O)(O)OP(=O)(O)O)O2)c(=O)n1. The quantitative estimate of drug-likeness (QED) is 0.223. The average Bonchev–Trinajstić information content (AvgIpc) is 2.89. The van der Waals surface area contributed by atoms with E-state index in [2.05, 4.69) is 23.4 Å². The van der Waals surface area contributed by atoms with Crippen molar-refractivity contribution in [1.82, 2.24) is 9.55 Å². The summed E-state index contributed by atoms with van der Waals surface area (Å²) in [6, 6.07) is 1.29. The molecule has 17 nitrogen and oxygen atoms in total. The number of ether oxygens (including phenoxy) is 1. The van der Waals surface area contributed by atoms with Crippen LogP contribution < -0.4 is 11.0 Å². The van der Waals surface area contributed by atoms with Crippen LogP contribution >= 0.6 is 23.5 Å². The second-order valence-electron chi connectivity index (χ2n) is 6.00. The molecule has 2 unspecified atom stereocenters. The van der Waals surface area contributed by atoms with Gasteiger partial charge in [-0.2, -0.15) is 13.6 Å². The molecule has 1 aliphatic rings. The number of anilines is 1. The number of hydrogen-bond donors (Lipinski definition) is 6. The van der Waals surface area contributed by atoms with E-state index in [1.165, 1.54) is 19.2 Å². The highest BCUT2D eigenvalue weighted by Crippen LogP contribution is 2.66. The Morgan fingerprint density at radius 2 is 1.90 bits per heavy atom. The third kappa shape index (κ3) is 8.27. The summed E-state index contributed by atoms with van der Waals surface area (Å²) in [6.45, 7) is 0.333. The number of carbonyl (C=O) groups excluding carboxylic acids is 1. The van der Waals surface area contributed by atoms with Crippen LogP contribution in [0.2, 0.25) is 0 Å². The largest absolute Gasteiger partial charge is 0.490 e. The molecule has 0 radical (unpaired) electrons. The molecule has 0 aromatic carbocycles. The molecule has 2 rings (SSSR count). The molecule has 6 N–H and O–H groups in total. The number of phosphoric acid groups is 3. The fourth-order valence-electron chi connectivity index (χ4n) is 2.39. The van der Waals surface area contributed by atoms with Crippen molar-refractivity contribution in [2.75, 3.05) is 11.9 Å². The molecule has 0 bridgehead atoms. The van der Waals surface area contributed by atoms with Crippen LogP contribution in [0.4, 0.5) is 5.82 Å². The minimum Gasteiger partial charge on any atom is -0.390 e. The fourth-order valence-corrected chi connectivity index (χ4v) is 5.42. The van der Waals surface area contributed by atoms with Crippen LogP contribution in [0.1, 0.15) is 19.6 Å². The highest BCUT2D eigenvalue weighted by Gasteiger charge is 2.42. The lowest BCUT2D eigenvalue weighted by Gasteiger charge is -2.19. The van der Waals surface area contributed by atoms with Gasteiger partial charge in [-0.25, -0.2) is 18.5 Å². The maximum atomic E-state index is 12.1. The predicted octanol–water partition coefficient (Wildman–Crippen LogP) is -0.807. The maximum absolute atomic E-state index is 12.1. The Labute approximate surface area is 173 Å². The van der Waals surface area contributed by atoms with E-state index in [9.17, 15) is 33.3 Å². The number of hydrogen-bond acceptors (Lipinski definition) is 11. The zero-order valence-electron chi connectivity index (χ0n) is 15.4. The molecule has 1 saturated heterocycles. The van der Waals surface area contributed by atoms with Gasteiger partial charge in [0.15, 0.2) is 0 Å². The second kappa shape index (κ2) is 9.67. The van der Waals surface area contributed by atoms with Crippen molar-refractivity contribution in [2.45, 2.75) is 31.8 Å². The average molecular weight is 509 g/mol. The van der Waals surface area contributed by atoms with Crippen molar-refractivity contribution in [2.24, 2.45) is 0 Å². The molecule has 176 valence electrons. The first-order chi connectivity index (χ1) is 14.1. The number of carbonyl (C=O) groups is 1. The molecule has 31 heavy (non-hydrogen) atoms. The Morgan fingerprint density at radius 1 is 1.26 bits per heavy atom. The Hall–Kier alpha value is -1.32. The summed E-state index contributed by atoms with van der Waals surface area (Å²) in [6.07, 6.45) is -2.65. The lowest BCUT2D eigenvalue weighted by Crippen LogP contribution is -2.28. The Morgan fingerprint density at radius 3 is 2.45 bits per heavy atom. The van der Waals surface area contributed by atoms with Crippen molar-refractivity contribution in [1.29, 1.82) is 0 Å². The van der Waals surface area contributed by atoms with E-state index in [4.69, 9.17) is 19.4 Å². The minimum absolute atomic E-state index is 0.0171. The van der Waals surface area contributed by atoms with E-state index in [1.54, 1.807) is 0 Å². The van der Waals surface area contributed by atoms with Crippen LogP contribution in [0.15, 0.2) is 17.1 Å². The topological polar surface area (TPSA) is 253 Å². The molecule has 20 heteroatoms. The first kappa shape index (κ1) is 25.9. The van der Waals surface area contributed by atoms with E-state index >= 15 is 0 Å². The zero-order valence-corrected chi connectivity index (χ0v) is 18.1. The number of aromatic nitrogens is 2. The summed E-state index contributed by atoms with van der Waals surface area (Å²) in [5.74, 6) is -0.472. The van der Waals surface area contributed by atoms with Gasteiger partial charge in [-0.1, -0.05) is 0 Å². The lowest BCUT2D eigenvalue weighted by molar-refractivity contribution is -0.114. The van der Waals surface area contributed by atoms with E-state index < -0.39 is 60.1 Å². The van der Waals surface area contributed by atoms with Gasteiger partial charge in [0.2, 0.25) is 5.91 Å². The van der Waals surface area contributed by atoms with E-state index in [-0.39, 0.29) is 12.2 Å². The molecule has 1 fully saturated rings. The molecular weight excluding hydrogens is 491 g/mol. The van der Waals surface area contributed by atoms with Crippen LogP contribution in [0, 0.1) is 0 Å². The summed E-state index contributed by atoms with van der Waals surface area (Å²) in [4.78, 5) is 62.1. The molecule has 0 aliphatic carbocycles. The molecule has 0 saturated carbocycles. The molecule has 1 aliphatic heterocycles. The van der Waals surface area contributed by atoms with Gasteiger partial charge < -0.3 is 34.7 Å². The molecule has 1 amide bonds. The van der Waals surface area contributed by atoms with Crippen molar-refractivity contribution < 1.29 is 61.1 Å². The number of nitrogens with zero attached hydrogens (tertiary/aromatic N) is 2. The molecule has 5 atom stereocenters. The second-order valence-corrected chi connectivity index (χ2v) is 10.4. The fraction of sp³-hybridized carbons (Fsp3) is 0.545. The smallest absolute Gasteiger partial charge is 0.390 e. The molecule has 0 spiro atoms. The lowest BCUT2D eigenvalue weighted by atomic mass is 10.2. The van der Waals surface area contributed by atoms with Gasteiger partial charge in [0.1, 0.15) is 18.1 Å². The van der Waals surface area contributed by atoms with Crippen LogP contribution in [0.3, 0.4) is 0 Å². The van der Waals surface area contributed by atoms with Gasteiger partial charge in [-0.05, 0) is 6.07 Å². The highest BCUT2D eigenvalue weighted by atomic mass is 31.3. The van der Waals surface area contributed by atoms with Crippen molar-refractivity contribution in [3.8, 4) is 0 Å². The third-order valence-corrected chi connectivity index (χ3v) is 7.27. The normalized spacial score (nSPS) is 25.5. The summed E-state index contributed by atoms with van der Waals surface area (Å²) in [5, 5.41) is 12.3. The number of phosphoric ester groups is 1. The summed E-state index contributed by atoms with van der Waals surface area (Å²) in [5.41, 5.74) is -0.836. The van der Waals surface area contributed by atoms with Crippen LogP contribution in [-0.2, 0) is 36.4 Å². The first-order valence-corrected chi connectivity index (χ1v) is 12.6. The zero-order chi connectivity index (χ0) is 23.6. The Balaban J connectivity index is 2.00. The van der Waals surface area contributed by atoms with Crippen molar-refractivity contribution in [3.05, 3.63) is 22.7 Å². The molecular formula is C11H18N3O14P3. The van der Waals surface area contributed by atoms with E-state index in [1.807, 2.05) is 0 Å². The Kier molecular flexibility index (Phi) is 8.09. The first-order valence-electron chi connectivity index (χ1n) is 8.05. The van der Waals surface area contributed by atoms with E-state index in [0.29, 0.717) is 0 Å². The van der Waals surface area contributed by atoms with Gasteiger partial charge in [0.05, 0.1) is 12.7 Å². The summed E-state index contributed by atoms with van der Waals surface area (Å²) < 4.78 is 51.4. The van der Waals surface area contributed by atoms with Gasteiger partial charge >= 0.3 is 29.2 Å². The summed E-state index contributed by atoms with van der Waals surface area (Å²) in [7, 11) is -16.6. The van der Waals surface area contributed by atoms with Crippen molar-refractivity contribution in [3.63, 3.8) is 0 Å². The number of aliphatic hydroxyl groups excluding tert-OH is 1. The maximum Gasteiger partial charge on any atom is 0.490 e. The molecule has 2 heterocycles. The van der Waals surface area contributed by atoms with Crippen LogP contribution in [-0.4, -0.2) is 59.0 Å². The number of amides is 1. The monoisotopic (exact) mass is 509 g/mol. The number of rotatable bonds is 9. The van der Waals surface area contributed by atoms with E-state index in [0.717, 1.165) is 4.57 Å². The van der Waals surface area contributed by atoms with Crippen LogP contribution in [0.25, 0.3) is 0 Å². The molecule has 1 aromatic heterocycles. The van der Waals surface area contributed by atoms with Gasteiger partial charge in [0.25, 0.3) is 0 Å².